The minimum Gasteiger partial charge on any atom is -0.478 e. The lowest BCUT2D eigenvalue weighted by molar-refractivity contribution is 0.0608. The normalized spacial score (nSPS) is 12.1. The molecule has 0 fully saturated rings. The van der Waals surface area contributed by atoms with Crippen molar-refractivity contribution in [2.75, 3.05) is 4.31 Å². The highest BCUT2D eigenvalue weighted by atomic mass is 127. The van der Waals surface area contributed by atoms with Gasteiger partial charge in [0, 0.05) is 5.39 Å². The van der Waals surface area contributed by atoms with Crippen molar-refractivity contribution in [3.8, 4) is 0 Å². The van der Waals surface area contributed by atoms with E-state index in [4.69, 9.17) is 4.74 Å². The number of carboxylic acids is 1. The molecule has 0 radical (unpaired) electrons. The average Bonchev–Trinajstić information content (AvgIpc) is 3.09. The van der Waals surface area contributed by atoms with E-state index >= 15 is 0 Å². The number of carbonyl (C=O) groups excluding carboxylic acids is 1. The van der Waals surface area contributed by atoms with E-state index in [0.717, 1.165) is 12.1 Å². The molecule has 2 N–H and O–H groups in total. The topological polar surface area (TPSA) is 130 Å². The van der Waals surface area contributed by atoms with Gasteiger partial charge >= 0.3 is 12.1 Å². The third-order valence-electron chi connectivity index (χ3n) is 4.32. The van der Waals surface area contributed by atoms with E-state index in [-0.39, 0.29) is 14.6 Å². The van der Waals surface area contributed by atoms with Gasteiger partial charge in [-0.1, -0.05) is 0 Å². The number of anilines is 1. The molecule has 0 bridgehead atoms. The van der Waals surface area contributed by atoms with Gasteiger partial charge in [0.25, 0.3) is 10.0 Å². The summed E-state index contributed by atoms with van der Waals surface area (Å²) in [4.78, 5) is 22.7. The van der Waals surface area contributed by atoms with Gasteiger partial charge in [-0.05, 0) is 55.5 Å². The zero-order chi connectivity index (χ0) is 26.6. The molecule has 0 atom stereocenters. The Morgan fingerprint density at radius 1 is 1.03 bits per heavy atom. The van der Waals surface area contributed by atoms with Crippen LogP contribution in [0.2, 0.25) is 0 Å². The van der Waals surface area contributed by atoms with E-state index in [1.54, 1.807) is 22.6 Å². The van der Waals surface area contributed by atoms with Gasteiger partial charge in [0.15, 0.2) is 28.2 Å². The number of nitrogens with one attached hydrogen (secondary N) is 1. The molecule has 16 heteroatoms. The maximum Gasteiger partial charge on any atom is 0.429 e. The smallest absolute Gasteiger partial charge is 0.429 e. The van der Waals surface area contributed by atoms with Crippen molar-refractivity contribution in [3.05, 3.63) is 50.5 Å². The number of hydrogen-bond donors (Lipinski definition) is 2. The van der Waals surface area contributed by atoms with E-state index in [9.17, 15) is 45.1 Å². The number of nitrogens with zero attached hydrogens (tertiary/aromatic N) is 2. The highest BCUT2D eigenvalue weighted by Crippen LogP contribution is 2.37. The van der Waals surface area contributed by atoms with Crippen LogP contribution in [0.25, 0.3) is 10.9 Å². The molecule has 1 amide bonds. The van der Waals surface area contributed by atoms with Crippen LogP contribution in [0.15, 0.2) is 17.0 Å². The molecule has 1 aromatic heterocycles. The second-order valence-electron chi connectivity index (χ2n) is 7.85. The number of hydrogen-bond acceptors (Lipinski definition) is 6. The summed E-state index contributed by atoms with van der Waals surface area (Å²) < 4.78 is 101. The SMILES string of the molecule is CC(C)(C)OC(=O)N(c1ccc2n[nH]c(I)c2c1C(=O)O)S(=O)(=O)c1c(F)c(F)c(F)c(F)c1F. The van der Waals surface area contributed by atoms with Gasteiger partial charge in [0.1, 0.15) is 9.30 Å². The van der Waals surface area contributed by atoms with Crippen LogP contribution in [0.1, 0.15) is 31.1 Å². The predicted molar refractivity (Wildman–Crippen MR) is 118 cm³/mol. The standard InChI is InChI=1S/C19H13F5IN3O6S/c1-19(2,3)34-18(31)28(7-5-4-6-8(9(7)17(29)30)16(25)27-26-6)35(32,33)15-13(23)11(21)10(20)12(22)14(15)24/h4-5H,1-3H3,(H,26,27)(H,29,30). The first-order valence-electron chi connectivity index (χ1n) is 9.20. The number of halogens is 6. The third kappa shape index (κ3) is 4.51. The number of H-pyrrole nitrogens is 1. The monoisotopic (exact) mass is 633 g/mol. The number of aromatic nitrogens is 2. The van der Waals surface area contributed by atoms with Crippen LogP contribution in [0.5, 0.6) is 0 Å². The number of fused-ring (bicyclic) bond motifs is 1. The van der Waals surface area contributed by atoms with E-state index in [2.05, 4.69) is 10.2 Å². The average molecular weight is 633 g/mol. The Morgan fingerprint density at radius 3 is 2.03 bits per heavy atom. The van der Waals surface area contributed by atoms with Gasteiger partial charge in [0.05, 0.1) is 16.8 Å². The summed E-state index contributed by atoms with van der Waals surface area (Å²) in [6, 6.07) is 1.83. The number of ether oxygens (including phenoxy) is 1. The molecule has 0 aliphatic carbocycles. The number of amides is 1. The first kappa shape index (κ1) is 26.6. The highest BCUT2D eigenvalue weighted by molar-refractivity contribution is 14.1. The van der Waals surface area contributed by atoms with Gasteiger partial charge in [-0.15, -0.1) is 0 Å². The van der Waals surface area contributed by atoms with Gasteiger partial charge in [0.2, 0.25) is 5.82 Å². The molecule has 3 rings (SSSR count). The van der Waals surface area contributed by atoms with E-state index in [1.165, 1.54) is 20.8 Å². The fourth-order valence-corrected chi connectivity index (χ4v) is 5.10. The summed E-state index contributed by atoms with van der Waals surface area (Å²) in [6.07, 6.45) is -1.87. The Morgan fingerprint density at radius 2 is 1.54 bits per heavy atom. The van der Waals surface area contributed by atoms with Gasteiger partial charge in [-0.25, -0.2) is 40.0 Å². The summed E-state index contributed by atoms with van der Waals surface area (Å²) in [5.74, 6) is -15.1. The minimum atomic E-state index is -6.00. The van der Waals surface area contributed by atoms with Crippen molar-refractivity contribution in [2.24, 2.45) is 0 Å². The Balaban J connectivity index is 2.47. The zero-order valence-electron chi connectivity index (χ0n) is 17.7. The molecule has 9 nitrogen and oxygen atoms in total. The van der Waals surface area contributed by atoms with E-state index in [1.807, 2.05) is 0 Å². The second kappa shape index (κ2) is 8.89. The fraction of sp³-hybridized carbons (Fsp3) is 0.211. The van der Waals surface area contributed by atoms with Crippen LogP contribution in [0.3, 0.4) is 0 Å². The van der Waals surface area contributed by atoms with Crippen LogP contribution >= 0.6 is 22.6 Å². The molecule has 188 valence electrons. The van der Waals surface area contributed by atoms with Crippen LogP contribution < -0.4 is 4.31 Å². The number of carboxylic acid groups (broad SMARTS) is 1. The van der Waals surface area contributed by atoms with Crippen LogP contribution in [-0.2, 0) is 14.8 Å². The van der Waals surface area contributed by atoms with Gasteiger partial charge < -0.3 is 9.84 Å². The number of benzene rings is 2. The molecule has 0 saturated carbocycles. The van der Waals surface area contributed by atoms with Crippen molar-refractivity contribution in [1.82, 2.24) is 10.2 Å². The van der Waals surface area contributed by atoms with Gasteiger partial charge in [-0.3, -0.25) is 5.10 Å². The quantitative estimate of drug-likeness (QED) is 0.185. The zero-order valence-corrected chi connectivity index (χ0v) is 20.7. The lowest BCUT2D eigenvalue weighted by atomic mass is 10.1. The first-order chi connectivity index (χ1) is 16.0. The molecule has 35 heavy (non-hydrogen) atoms. The number of rotatable bonds is 4. The number of carbonyl (C=O) groups is 2. The lowest BCUT2D eigenvalue weighted by Crippen LogP contribution is -2.42. The van der Waals surface area contributed by atoms with Crippen LogP contribution in [0.4, 0.5) is 32.4 Å². The summed E-state index contributed by atoms with van der Waals surface area (Å²) >= 11 is 1.62. The Hall–Kier alpha value is -3.02. The number of aromatic amines is 1. The third-order valence-corrected chi connectivity index (χ3v) is 6.80. The van der Waals surface area contributed by atoms with Crippen molar-refractivity contribution in [1.29, 1.82) is 0 Å². The van der Waals surface area contributed by atoms with Gasteiger partial charge in [-0.2, -0.15) is 9.40 Å². The minimum absolute atomic E-state index is 0.00770. The molecular weight excluding hydrogens is 620 g/mol. The van der Waals surface area contributed by atoms with Crippen molar-refractivity contribution in [3.63, 3.8) is 0 Å². The molecule has 0 aliphatic rings. The molecule has 3 aromatic rings. The first-order valence-corrected chi connectivity index (χ1v) is 11.7. The maximum atomic E-state index is 14.5. The molecule has 2 aromatic carbocycles. The van der Waals surface area contributed by atoms with E-state index in [0.29, 0.717) is 0 Å². The largest absolute Gasteiger partial charge is 0.478 e. The molecule has 1 heterocycles. The Kier molecular flexibility index (Phi) is 6.75. The van der Waals surface area contributed by atoms with Crippen LogP contribution in [-0.4, -0.2) is 41.4 Å². The molecular formula is C19H13F5IN3O6S. The molecule has 0 unspecified atom stereocenters. The molecule has 0 spiro atoms. The molecule has 0 aliphatic heterocycles. The summed E-state index contributed by atoms with van der Waals surface area (Å²) in [7, 11) is -6.00. The summed E-state index contributed by atoms with van der Waals surface area (Å²) in [6.45, 7) is 3.86. The van der Waals surface area contributed by atoms with Crippen molar-refractivity contribution < 1.29 is 49.8 Å². The Bertz CT molecular complexity index is 1470. The maximum absolute atomic E-state index is 14.5. The van der Waals surface area contributed by atoms with Crippen molar-refractivity contribution in [2.45, 2.75) is 31.3 Å². The predicted octanol–water partition coefficient (Wildman–Crippen LogP) is 4.69. The van der Waals surface area contributed by atoms with Crippen LogP contribution in [0, 0.1) is 32.8 Å². The Labute approximate surface area is 207 Å². The number of aromatic carboxylic acids is 1. The highest BCUT2D eigenvalue weighted by Gasteiger charge is 2.43. The van der Waals surface area contributed by atoms with E-state index < -0.39 is 77.2 Å². The fourth-order valence-electron chi connectivity index (χ4n) is 2.98. The second-order valence-corrected chi connectivity index (χ2v) is 10.6. The summed E-state index contributed by atoms with van der Waals surface area (Å²) in [5.41, 5.74) is -3.30. The van der Waals surface area contributed by atoms with Crippen molar-refractivity contribution >= 4 is 61.3 Å². The number of sulfonamides is 1. The lowest BCUT2D eigenvalue weighted by Gasteiger charge is -2.28. The summed E-state index contributed by atoms with van der Waals surface area (Å²) in [5, 5.41) is 15.9. The molecule has 0 saturated heterocycles.